The molecule has 2 atom stereocenters. The summed E-state index contributed by atoms with van der Waals surface area (Å²) in [6.45, 7) is 5.76. The lowest BCUT2D eigenvalue weighted by molar-refractivity contribution is -0.0316. The minimum absolute atomic E-state index is 0. The van der Waals surface area contributed by atoms with Crippen LogP contribution in [-0.4, -0.2) is 33.9 Å². The Hall–Kier alpha value is -3.56. The SMILES string of the molecule is Cc1cc(C)c(-c2nc3cc(CC4COC4)ncc3[nH]2)cc1C(=O)C1CCC(C2=CC=C(C#N)C3CC23)CC1.[HH]. The Morgan fingerprint density at radius 1 is 1.10 bits per heavy atom. The zero-order chi connectivity index (χ0) is 26.7. The number of hydrogen-bond donors (Lipinski definition) is 1. The maximum Gasteiger partial charge on any atom is 0.166 e. The number of pyridine rings is 1. The lowest BCUT2D eigenvalue weighted by atomic mass is 9.73. The van der Waals surface area contributed by atoms with E-state index in [-0.39, 0.29) is 13.1 Å². The zero-order valence-electron chi connectivity index (χ0n) is 22.7. The van der Waals surface area contributed by atoms with Crippen molar-refractivity contribution in [1.82, 2.24) is 15.0 Å². The summed E-state index contributed by atoms with van der Waals surface area (Å²) >= 11 is 0. The number of ether oxygens (including phenoxy) is 1. The molecule has 0 radical (unpaired) electrons. The third kappa shape index (κ3) is 4.43. The molecule has 3 fully saturated rings. The van der Waals surface area contributed by atoms with E-state index < -0.39 is 0 Å². The van der Waals surface area contributed by atoms with E-state index in [0.29, 0.717) is 23.7 Å². The molecular formula is C33H36N4O2. The second-order valence-corrected chi connectivity index (χ2v) is 12.1. The van der Waals surface area contributed by atoms with Gasteiger partial charge in [-0.1, -0.05) is 17.7 Å². The van der Waals surface area contributed by atoms with Crippen LogP contribution in [0, 0.1) is 54.8 Å². The van der Waals surface area contributed by atoms with Gasteiger partial charge in [-0.05, 0) is 93.5 Å². The molecule has 200 valence electrons. The highest BCUT2D eigenvalue weighted by molar-refractivity contribution is 6.00. The number of rotatable bonds is 6. The van der Waals surface area contributed by atoms with Crippen molar-refractivity contribution in [2.45, 2.75) is 52.4 Å². The number of benzene rings is 1. The van der Waals surface area contributed by atoms with Gasteiger partial charge in [0.1, 0.15) is 5.82 Å². The molecule has 39 heavy (non-hydrogen) atoms. The monoisotopic (exact) mass is 520 g/mol. The van der Waals surface area contributed by atoms with Crippen LogP contribution >= 0.6 is 0 Å². The summed E-state index contributed by atoms with van der Waals surface area (Å²) in [4.78, 5) is 26.8. The van der Waals surface area contributed by atoms with E-state index in [1.165, 1.54) is 5.57 Å². The van der Waals surface area contributed by atoms with E-state index >= 15 is 0 Å². The molecule has 6 heteroatoms. The van der Waals surface area contributed by atoms with Crippen LogP contribution in [0.15, 0.2) is 47.7 Å². The first kappa shape index (κ1) is 24.5. The number of hydrogen-bond acceptors (Lipinski definition) is 5. The fourth-order valence-electron chi connectivity index (χ4n) is 7.07. The van der Waals surface area contributed by atoms with E-state index in [0.717, 1.165) is 102 Å². The van der Waals surface area contributed by atoms with Crippen molar-refractivity contribution < 1.29 is 11.0 Å². The van der Waals surface area contributed by atoms with Crippen LogP contribution in [0.25, 0.3) is 22.4 Å². The zero-order valence-corrected chi connectivity index (χ0v) is 22.7. The van der Waals surface area contributed by atoms with Gasteiger partial charge < -0.3 is 9.72 Å². The lowest BCUT2D eigenvalue weighted by Crippen LogP contribution is -2.29. The smallest absolute Gasteiger partial charge is 0.166 e. The average molecular weight is 521 g/mol. The molecule has 3 aliphatic carbocycles. The Balaban J connectivity index is 0.00000289. The summed E-state index contributed by atoms with van der Waals surface area (Å²) in [5.74, 6) is 3.27. The number of imidazole rings is 1. The van der Waals surface area contributed by atoms with Crippen molar-refractivity contribution in [2.24, 2.45) is 29.6 Å². The maximum absolute atomic E-state index is 13.8. The number of H-pyrrole nitrogens is 1. The predicted octanol–water partition coefficient (Wildman–Crippen LogP) is 6.69. The van der Waals surface area contributed by atoms with Gasteiger partial charge >= 0.3 is 0 Å². The number of carbonyl (C=O) groups is 1. The molecule has 0 bridgehead atoms. The second kappa shape index (κ2) is 9.57. The van der Waals surface area contributed by atoms with Gasteiger partial charge in [0.15, 0.2) is 5.78 Å². The van der Waals surface area contributed by atoms with E-state index in [1.54, 1.807) is 0 Å². The summed E-state index contributed by atoms with van der Waals surface area (Å²) in [7, 11) is 0. The molecule has 7 rings (SSSR count). The Bertz CT molecular complexity index is 1580. The van der Waals surface area contributed by atoms with Crippen LogP contribution in [0.1, 0.15) is 60.7 Å². The highest BCUT2D eigenvalue weighted by Crippen LogP contribution is 2.55. The van der Waals surface area contributed by atoms with E-state index in [9.17, 15) is 10.1 Å². The number of aromatic nitrogens is 3. The fraction of sp³-hybridized carbons (Fsp3) is 0.455. The minimum Gasteiger partial charge on any atom is -0.381 e. The molecule has 1 N–H and O–H groups in total. The number of aryl methyl sites for hydroxylation is 2. The summed E-state index contributed by atoms with van der Waals surface area (Å²) in [5.41, 5.74) is 9.30. The van der Waals surface area contributed by atoms with Crippen molar-refractivity contribution in [3.8, 4) is 17.5 Å². The van der Waals surface area contributed by atoms with Gasteiger partial charge in [0.05, 0.1) is 36.5 Å². The van der Waals surface area contributed by atoms with Crippen molar-refractivity contribution in [2.75, 3.05) is 13.2 Å². The predicted molar refractivity (Wildman–Crippen MR) is 152 cm³/mol. The van der Waals surface area contributed by atoms with Gasteiger partial charge in [-0.2, -0.15) is 5.26 Å². The number of aromatic amines is 1. The highest BCUT2D eigenvalue weighted by Gasteiger charge is 2.46. The van der Waals surface area contributed by atoms with Gasteiger partial charge in [0.25, 0.3) is 0 Å². The van der Waals surface area contributed by atoms with E-state index in [1.807, 2.05) is 19.2 Å². The van der Waals surface area contributed by atoms with Crippen molar-refractivity contribution in [3.05, 3.63) is 70.1 Å². The number of allylic oxidation sites excluding steroid dienone is 4. The second-order valence-electron chi connectivity index (χ2n) is 12.1. The molecule has 3 heterocycles. The molecule has 1 saturated heterocycles. The number of nitrogens with one attached hydrogen (secondary N) is 1. The van der Waals surface area contributed by atoms with Crippen LogP contribution < -0.4 is 0 Å². The molecule has 0 amide bonds. The van der Waals surface area contributed by atoms with Gasteiger partial charge in [-0.3, -0.25) is 9.78 Å². The van der Waals surface area contributed by atoms with E-state index in [4.69, 9.17) is 9.72 Å². The number of fused-ring (bicyclic) bond motifs is 2. The summed E-state index contributed by atoms with van der Waals surface area (Å²) in [6.07, 6.45) is 12.1. The molecule has 2 unspecified atom stereocenters. The molecule has 2 aromatic heterocycles. The lowest BCUT2D eigenvalue weighted by Gasteiger charge is -2.31. The van der Waals surface area contributed by atoms with Crippen LogP contribution in [0.5, 0.6) is 0 Å². The van der Waals surface area contributed by atoms with Crippen LogP contribution in [0.4, 0.5) is 0 Å². The summed E-state index contributed by atoms with van der Waals surface area (Å²) in [5, 5.41) is 9.31. The molecule has 6 nitrogen and oxygen atoms in total. The third-order valence-corrected chi connectivity index (χ3v) is 9.49. The molecule has 4 aliphatic rings. The molecular weight excluding hydrogens is 484 g/mol. The topological polar surface area (TPSA) is 91.7 Å². The highest BCUT2D eigenvalue weighted by atomic mass is 16.5. The first-order valence-electron chi connectivity index (χ1n) is 14.4. The Morgan fingerprint density at radius 2 is 1.92 bits per heavy atom. The first-order chi connectivity index (χ1) is 19.0. The van der Waals surface area contributed by atoms with Gasteiger partial charge in [-0.15, -0.1) is 0 Å². The molecule has 1 aromatic carbocycles. The summed E-state index contributed by atoms with van der Waals surface area (Å²) in [6, 6.07) is 8.62. The Kier molecular flexibility index (Phi) is 6.01. The van der Waals surface area contributed by atoms with Gasteiger partial charge in [-0.25, -0.2) is 4.98 Å². The molecule has 1 aliphatic heterocycles. The van der Waals surface area contributed by atoms with Gasteiger partial charge in [0, 0.05) is 41.6 Å². The minimum atomic E-state index is 0. The Labute approximate surface area is 230 Å². The van der Waals surface area contributed by atoms with Crippen molar-refractivity contribution in [3.63, 3.8) is 0 Å². The van der Waals surface area contributed by atoms with Crippen molar-refractivity contribution in [1.29, 1.82) is 5.26 Å². The molecule has 2 saturated carbocycles. The number of ketones is 1. The molecule has 0 spiro atoms. The quantitative estimate of drug-likeness (QED) is 0.366. The normalized spacial score (nSPS) is 26.3. The average Bonchev–Trinajstić information content (AvgIpc) is 3.62. The molecule has 3 aromatic rings. The van der Waals surface area contributed by atoms with Crippen LogP contribution in [-0.2, 0) is 11.2 Å². The van der Waals surface area contributed by atoms with Crippen LogP contribution in [0.3, 0.4) is 0 Å². The number of nitriles is 1. The Morgan fingerprint density at radius 3 is 2.67 bits per heavy atom. The summed E-state index contributed by atoms with van der Waals surface area (Å²) < 4.78 is 5.31. The number of nitrogens with zero attached hydrogens (tertiary/aromatic N) is 3. The van der Waals surface area contributed by atoms with Crippen molar-refractivity contribution >= 4 is 16.8 Å². The van der Waals surface area contributed by atoms with Gasteiger partial charge in [0.2, 0.25) is 0 Å². The number of Topliss-reactive ketones (excluding diaryl/α,β-unsaturated/α-hetero) is 1. The van der Waals surface area contributed by atoms with Crippen LogP contribution in [0.2, 0.25) is 0 Å². The third-order valence-electron chi connectivity index (χ3n) is 9.49. The standard InChI is InChI=1S/C33H34N4O2.H2/c1-18-9-19(2)27(33-36-30-11-24(10-20-16-39-17-20)35-15-31(30)37-33)12-26(18)32(38)22-5-3-21(4-6-22)25-8-7-23(14-34)28-13-29(25)28;/h7-9,11-12,15,20-22,28-29H,3-6,10,13,16-17H2,1-2H3,(H,36,37);1H. The largest absolute Gasteiger partial charge is 0.381 e. The maximum atomic E-state index is 13.8. The fourth-order valence-corrected chi connectivity index (χ4v) is 7.07. The first-order valence-corrected chi connectivity index (χ1v) is 14.4. The number of carbonyl (C=O) groups excluding carboxylic acids is 1. The van der Waals surface area contributed by atoms with E-state index in [2.05, 4.69) is 47.2 Å².